The van der Waals surface area contributed by atoms with E-state index in [2.05, 4.69) is 46.8 Å². The summed E-state index contributed by atoms with van der Waals surface area (Å²) in [6.45, 7) is 8.14. The van der Waals surface area contributed by atoms with E-state index in [9.17, 15) is 4.39 Å². The summed E-state index contributed by atoms with van der Waals surface area (Å²) >= 11 is 0. The minimum atomic E-state index is -0.331. The van der Waals surface area contributed by atoms with Crippen LogP contribution < -0.4 is 4.74 Å². The number of imidazole rings is 1. The van der Waals surface area contributed by atoms with E-state index in [0.29, 0.717) is 12.5 Å². The molecule has 1 aliphatic rings. The number of rotatable bonds is 6. The first kappa shape index (κ1) is 22.6. The van der Waals surface area contributed by atoms with Crippen LogP contribution in [0.15, 0.2) is 40.9 Å². The standard InChI is InChI=1S/C27H31FN4O2/c1-16(12-19-6-9-25(33-5)22(28)13-19)27-29-23-14-20(26-17(2)30-34-18(26)3)7-8-24(23)32(27)21-10-11-31(4)15-21/h6-9,13-14,16,21H,10-12,15H2,1-5H3. The molecule has 0 aliphatic carbocycles. The molecule has 3 heterocycles. The Labute approximate surface area is 199 Å². The lowest BCUT2D eigenvalue weighted by Crippen LogP contribution is -2.19. The summed E-state index contributed by atoms with van der Waals surface area (Å²) in [5.41, 5.74) is 6.01. The van der Waals surface area contributed by atoms with E-state index in [0.717, 1.165) is 64.5 Å². The molecular weight excluding hydrogens is 431 g/mol. The molecule has 4 aromatic rings. The molecule has 2 aromatic carbocycles. The fraction of sp³-hybridized carbons (Fsp3) is 0.407. The van der Waals surface area contributed by atoms with Gasteiger partial charge >= 0.3 is 0 Å². The van der Waals surface area contributed by atoms with E-state index in [1.165, 1.54) is 7.11 Å². The van der Waals surface area contributed by atoms with Gasteiger partial charge in [0.05, 0.1) is 23.8 Å². The Kier molecular flexibility index (Phi) is 5.90. The van der Waals surface area contributed by atoms with Crippen molar-refractivity contribution in [1.82, 2.24) is 19.6 Å². The lowest BCUT2D eigenvalue weighted by molar-refractivity contribution is 0.385. The van der Waals surface area contributed by atoms with Crippen LogP contribution in [0.1, 0.15) is 48.1 Å². The number of aryl methyl sites for hydroxylation is 2. The number of benzene rings is 2. The molecule has 2 atom stereocenters. The Morgan fingerprint density at radius 2 is 2.03 bits per heavy atom. The van der Waals surface area contributed by atoms with Gasteiger partial charge in [-0.15, -0.1) is 0 Å². The first-order valence-electron chi connectivity index (χ1n) is 11.8. The lowest BCUT2D eigenvalue weighted by atomic mass is 9.99. The third kappa shape index (κ3) is 3.98. The van der Waals surface area contributed by atoms with Gasteiger partial charge in [0.15, 0.2) is 11.6 Å². The van der Waals surface area contributed by atoms with E-state index in [-0.39, 0.29) is 17.5 Å². The van der Waals surface area contributed by atoms with Crippen molar-refractivity contribution < 1.29 is 13.7 Å². The Hall–Kier alpha value is -3.19. The van der Waals surface area contributed by atoms with Crippen molar-refractivity contribution in [2.24, 2.45) is 0 Å². The smallest absolute Gasteiger partial charge is 0.165 e. The number of halogens is 1. The first-order valence-corrected chi connectivity index (χ1v) is 11.8. The van der Waals surface area contributed by atoms with Gasteiger partial charge in [-0.1, -0.05) is 24.2 Å². The molecule has 1 fully saturated rings. The normalized spacial score (nSPS) is 17.5. The topological polar surface area (TPSA) is 56.3 Å². The van der Waals surface area contributed by atoms with Crippen LogP contribution in [0.4, 0.5) is 4.39 Å². The SMILES string of the molecule is COc1ccc(CC(C)c2nc3cc(-c4c(C)noc4C)ccc3n2C2CCN(C)C2)cc1F. The predicted molar refractivity (Wildman–Crippen MR) is 131 cm³/mol. The maximum absolute atomic E-state index is 14.3. The van der Waals surface area contributed by atoms with E-state index >= 15 is 0 Å². The van der Waals surface area contributed by atoms with Gasteiger partial charge in [-0.05, 0) is 75.7 Å². The zero-order valence-electron chi connectivity index (χ0n) is 20.4. The number of hydrogen-bond acceptors (Lipinski definition) is 5. The minimum absolute atomic E-state index is 0.119. The Morgan fingerprint density at radius 1 is 1.21 bits per heavy atom. The largest absolute Gasteiger partial charge is 0.494 e. The number of methoxy groups -OCH3 is 1. The van der Waals surface area contributed by atoms with Crippen LogP contribution >= 0.6 is 0 Å². The van der Waals surface area contributed by atoms with Crippen LogP contribution in [0.5, 0.6) is 5.75 Å². The summed E-state index contributed by atoms with van der Waals surface area (Å²) in [6, 6.07) is 12.0. The Bertz CT molecular complexity index is 1320. The van der Waals surface area contributed by atoms with Gasteiger partial charge in [0, 0.05) is 24.1 Å². The molecule has 5 rings (SSSR count). The third-order valence-corrected chi connectivity index (χ3v) is 6.97. The van der Waals surface area contributed by atoms with Crippen LogP contribution in [0.2, 0.25) is 0 Å². The second kappa shape index (κ2) is 8.87. The first-order chi connectivity index (χ1) is 16.4. The van der Waals surface area contributed by atoms with Crippen LogP contribution in [0, 0.1) is 19.7 Å². The number of ether oxygens (including phenoxy) is 1. The van der Waals surface area contributed by atoms with Gasteiger partial charge in [-0.2, -0.15) is 0 Å². The maximum atomic E-state index is 14.3. The summed E-state index contributed by atoms with van der Waals surface area (Å²) in [7, 11) is 3.65. The van der Waals surface area contributed by atoms with E-state index < -0.39 is 0 Å². The van der Waals surface area contributed by atoms with Crippen molar-refractivity contribution in [2.45, 2.75) is 45.6 Å². The molecular formula is C27H31FN4O2. The van der Waals surface area contributed by atoms with Crippen molar-refractivity contribution in [3.05, 3.63) is 65.1 Å². The van der Waals surface area contributed by atoms with Crippen LogP contribution in [0.3, 0.4) is 0 Å². The zero-order valence-corrected chi connectivity index (χ0v) is 20.4. The van der Waals surface area contributed by atoms with Crippen LogP contribution in [-0.2, 0) is 6.42 Å². The van der Waals surface area contributed by atoms with Gasteiger partial charge in [0.1, 0.15) is 11.6 Å². The molecule has 1 saturated heterocycles. The highest BCUT2D eigenvalue weighted by molar-refractivity contribution is 5.84. The summed E-state index contributed by atoms with van der Waals surface area (Å²) in [5, 5.41) is 4.12. The van der Waals surface area contributed by atoms with Crippen LogP contribution in [0.25, 0.3) is 22.2 Å². The van der Waals surface area contributed by atoms with E-state index in [1.54, 1.807) is 12.1 Å². The number of likely N-dealkylation sites (N-methyl/N-ethyl adjacent to an activating group) is 1. The van der Waals surface area contributed by atoms with Crippen molar-refractivity contribution in [1.29, 1.82) is 0 Å². The van der Waals surface area contributed by atoms with Crippen molar-refractivity contribution in [3.63, 3.8) is 0 Å². The van der Waals surface area contributed by atoms with E-state index in [1.807, 2.05) is 19.9 Å². The van der Waals surface area contributed by atoms with Crippen molar-refractivity contribution in [2.75, 3.05) is 27.2 Å². The second-order valence-electron chi connectivity index (χ2n) is 9.52. The average molecular weight is 463 g/mol. The molecule has 0 bridgehead atoms. The van der Waals surface area contributed by atoms with Gasteiger partial charge < -0.3 is 18.7 Å². The molecule has 2 unspecified atom stereocenters. The quantitative estimate of drug-likeness (QED) is 0.369. The maximum Gasteiger partial charge on any atom is 0.165 e. The number of aromatic nitrogens is 3. The summed E-state index contributed by atoms with van der Waals surface area (Å²) < 4.78 is 27.2. The minimum Gasteiger partial charge on any atom is -0.494 e. The summed E-state index contributed by atoms with van der Waals surface area (Å²) in [6.07, 6.45) is 1.79. The number of fused-ring (bicyclic) bond motifs is 1. The van der Waals surface area contributed by atoms with Crippen molar-refractivity contribution >= 4 is 11.0 Å². The third-order valence-electron chi connectivity index (χ3n) is 6.97. The molecule has 0 radical (unpaired) electrons. The monoisotopic (exact) mass is 462 g/mol. The molecule has 2 aromatic heterocycles. The second-order valence-corrected chi connectivity index (χ2v) is 9.52. The summed E-state index contributed by atoms with van der Waals surface area (Å²) in [5.74, 6) is 1.91. The highest BCUT2D eigenvalue weighted by Crippen LogP contribution is 2.35. The van der Waals surface area contributed by atoms with Gasteiger partial charge in [-0.25, -0.2) is 9.37 Å². The average Bonchev–Trinajstić information content (AvgIpc) is 3.49. The molecule has 1 aliphatic heterocycles. The molecule has 0 saturated carbocycles. The molecule has 7 heteroatoms. The molecule has 6 nitrogen and oxygen atoms in total. The Balaban J connectivity index is 1.57. The fourth-order valence-electron chi connectivity index (χ4n) is 5.30. The zero-order chi connectivity index (χ0) is 24.0. The highest BCUT2D eigenvalue weighted by Gasteiger charge is 2.28. The number of hydrogen-bond donors (Lipinski definition) is 0. The molecule has 0 spiro atoms. The number of likely N-dealkylation sites (tertiary alicyclic amines) is 1. The van der Waals surface area contributed by atoms with Crippen LogP contribution in [-0.4, -0.2) is 46.9 Å². The lowest BCUT2D eigenvalue weighted by Gasteiger charge is -2.20. The molecule has 178 valence electrons. The van der Waals surface area contributed by atoms with Gasteiger partial charge in [-0.3, -0.25) is 0 Å². The molecule has 0 amide bonds. The highest BCUT2D eigenvalue weighted by atomic mass is 19.1. The molecule has 34 heavy (non-hydrogen) atoms. The van der Waals surface area contributed by atoms with E-state index in [4.69, 9.17) is 14.2 Å². The van der Waals surface area contributed by atoms with Gasteiger partial charge in [0.2, 0.25) is 0 Å². The van der Waals surface area contributed by atoms with Gasteiger partial charge in [0.25, 0.3) is 0 Å². The molecule has 0 N–H and O–H groups in total. The van der Waals surface area contributed by atoms with Crippen molar-refractivity contribution in [3.8, 4) is 16.9 Å². The Morgan fingerprint density at radius 3 is 2.68 bits per heavy atom. The summed E-state index contributed by atoms with van der Waals surface area (Å²) in [4.78, 5) is 7.50. The predicted octanol–water partition coefficient (Wildman–Crippen LogP) is 5.68. The number of nitrogens with zero attached hydrogens (tertiary/aromatic N) is 4. The fourth-order valence-corrected chi connectivity index (χ4v) is 5.30.